The second-order valence-electron chi connectivity index (χ2n) is 7.71. The fraction of sp³-hybridized carbons (Fsp3) is 1.00. The van der Waals surface area contributed by atoms with Crippen LogP contribution in [0.3, 0.4) is 0 Å². The van der Waals surface area contributed by atoms with Gasteiger partial charge in [0.15, 0.2) is 6.29 Å². The van der Waals surface area contributed by atoms with E-state index < -0.39 is 12.3 Å². The normalized spacial score (nSPS) is 13.7. The fourth-order valence-corrected chi connectivity index (χ4v) is 3.32. The van der Waals surface area contributed by atoms with Crippen LogP contribution >= 0.6 is 12.4 Å². The van der Waals surface area contributed by atoms with E-state index in [1.54, 1.807) is 0 Å². The summed E-state index contributed by atoms with van der Waals surface area (Å²) in [7, 11) is 0. The minimum atomic E-state index is -1.38. The van der Waals surface area contributed by atoms with Crippen LogP contribution in [0, 0.1) is 5.92 Å². The lowest BCUT2D eigenvalue weighted by Crippen LogP contribution is -2.40. The van der Waals surface area contributed by atoms with Crippen molar-refractivity contribution < 1.29 is 10.2 Å². The Morgan fingerprint density at radius 3 is 1.28 bits per heavy atom. The Hall–Kier alpha value is 0.170. The van der Waals surface area contributed by atoms with Crippen LogP contribution in [0.15, 0.2) is 0 Å². The molecule has 0 aromatic rings. The Labute approximate surface area is 163 Å². The molecule has 0 aliphatic heterocycles. The molecule has 0 saturated heterocycles. The van der Waals surface area contributed by atoms with E-state index in [4.69, 9.17) is 15.9 Å². The van der Waals surface area contributed by atoms with Gasteiger partial charge in [0.2, 0.25) is 0 Å². The highest BCUT2D eigenvalue weighted by Crippen LogP contribution is 2.16. The first-order valence-corrected chi connectivity index (χ1v) is 10.7. The van der Waals surface area contributed by atoms with E-state index in [2.05, 4.69) is 6.92 Å². The van der Waals surface area contributed by atoms with Gasteiger partial charge < -0.3 is 15.9 Å². The number of unbranched alkanes of at least 4 members (excludes halogenated alkanes) is 14. The SMILES string of the molecule is CCCCCCCCCCCCCCCCCC(C)C(N)C(O)O.Cl. The quantitative estimate of drug-likeness (QED) is 0.204. The second-order valence-corrected chi connectivity index (χ2v) is 7.71. The first kappa shape index (κ1) is 27.4. The number of rotatable bonds is 18. The number of aliphatic hydroxyl groups excluding tert-OH is 1. The van der Waals surface area contributed by atoms with E-state index in [-0.39, 0.29) is 18.3 Å². The zero-order valence-corrected chi connectivity index (χ0v) is 17.7. The van der Waals surface area contributed by atoms with Crippen molar-refractivity contribution in [3.05, 3.63) is 0 Å². The van der Waals surface area contributed by atoms with Gasteiger partial charge in [-0.3, -0.25) is 0 Å². The number of halogens is 1. The van der Waals surface area contributed by atoms with Crippen LogP contribution in [-0.2, 0) is 0 Å². The highest BCUT2D eigenvalue weighted by Gasteiger charge is 2.18. The summed E-state index contributed by atoms with van der Waals surface area (Å²) in [5, 5.41) is 18.1. The number of hydrogen-bond donors (Lipinski definition) is 3. The van der Waals surface area contributed by atoms with Gasteiger partial charge >= 0.3 is 0 Å². The van der Waals surface area contributed by atoms with Crippen molar-refractivity contribution in [2.24, 2.45) is 11.7 Å². The molecule has 2 atom stereocenters. The Morgan fingerprint density at radius 1 is 0.640 bits per heavy atom. The fourth-order valence-electron chi connectivity index (χ4n) is 3.32. The van der Waals surface area contributed by atoms with Gasteiger partial charge in [-0.25, -0.2) is 0 Å². The van der Waals surface area contributed by atoms with Gasteiger partial charge in [0.05, 0.1) is 6.04 Å². The molecule has 0 saturated carbocycles. The lowest BCUT2D eigenvalue weighted by Gasteiger charge is -2.21. The van der Waals surface area contributed by atoms with E-state index in [9.17, 15) is 0 Å². The van der Waals surface area contributed by atoms with E-state index >= 15 is 0 Å². The first-order chi connectivity index (χ1) is 11.6. The average molecular weight is 380 g/mol. The maximum absolute atomic E-state index is 9.05. The van der Waals surface area contributed by atoms with E-state index in [0.717, 1.165) is 12.8 Å². The molecule has 0 amide bonds. The summed E-state index contributed by atoms with van der Waals surface area (Å²) in [5.74, 6) is 0.187. The summed E-state index contributed by atoms with van der Waals surface area (Å²) in [6.07, 6.45) is 20.2. The van der Waals surface area contributed by atoms with Crippen molar-refractivity contribution in [1.82, 2.24) is 0 Å². The zero-order valence-electron chi connectivity index (χ0n) is 16.9. The van der Waals surface area contributed by atoms with Gasteiger partial charge in [0, 0.05) is 0 Å². The molecule has 0 aliphatic rings. The van der Waals surface area contributed by atoms with Gasteiger partial charge in [0.25, 0.3) is 0 Å². The summed E-state index contributed by atoms with van der Waals surface area (Å²) in [5.41, 5.74) is 5.72. The van der Waals surface area contributed by atoms with Crippen LogP contribution in [0.5, 0.6) is 0 Å². The molecule has 0 bridgehead atoms. The summed E-state index contributed by atoms with van der Waals surface area (Å²) in [6, 6.07) is -0.503. The molecule has 0 aromatic heterocycles. The molecule has 0 fully saturated rings. The summed E-state index contributed by atoms with van der Waals surface area (Å²) in [6.45, 7) is 4.28. The van der Waals surface area contributed by atoms with Crippen molar-refractivity contribution in [2.75, 3.05) is 0 Å². The molecule has 0 radical (unpaired) electrons. The molecule has 0 rings (SSSR count). The Balaban J connectivity index is 0. The molecule has 4 heteroatoms. The van der Waals surface area contributed by atoms with Crippen LogP contribution in [0.4, 0.5) is 0 Å². The smallest absolute Gasteiger partial charge is 0.167 e. The molecule has 3 nitrogen and oxygen atoms in total. The third-order valence-corrected chi connectivity index (χ3v) is 5.26. The Morgan fingerprint density at radius 2 is 0.960 bits per heavy atom. The Bertz CT molecular complexity index is 252. The van der Waals surface area contributed by atoms with E-state index in [1.807, 2.05) is 6.92 Å². The molecule has 0 aliphatic carbocycles. The topological polar surface area (TPSA) is 66.5 Å². The molecule has 2 unspecified atom stereocenters. The van der Waals surface area contributed by atoms with Gasteiger partial charge in [-0.15, -0.1) is 12.4 Å². The maximum atomic E-state index is 9.05. The molecule has 4 N–H and O–H groups in total. The molecule has 0 heterocycles. The lowest BCUT2D eigenvalue weighted by atomic mass is 9.95. The minimum absolute atomic E-state index is 0. The lowest BCUT2D eigenvalue weighted by molar-refractivity contribution is -0.0699. The first-order valence-electron chi connectivity index (χ1n) is 10.7. The number of nitrogens with two attached hydrogens (primary N) is 1. The molecule has 0 spiro atoms. The largest absolute Gasteiger partial charge is 0.367 e. The van der Waals surface area contributed by atoms with Crippen molar-refractivity contribution in [3.8, 4) is 0 Å². The number of aliphatic hydroxyl groups is 2. The van der Waals surface area contributed by atoms with Crippen molar-refractivity contribution in [2.45, 2.75) is 129 Å². The minimum Gasteiger partial charge on any atom is -0.367 e. The van der Waals surface area contributed by atoms with Crippen molar-refractivity contribution >= 4 is 12.4 Å². The van der Waals surface area contributed by atoms with Crippen molar-refractivity contribution in [1.29, 1.82) is 0 Å². The van der Waals surface area contributed by atoms with E-state index in [0.29, 0.717) is 0 Å². The Kier molecular flexibility index (Phi) is 22.4. The number of hydrogen-bond acceptors (Lipinski definition) is 3. The summed E-state index contributed by atoms with van der Waals surface area (Å²) in [4.78, 5) is 0. The van der Waals surface area contributed by atoms with Crippen LogP contribution in [-0.4, -0.2) is 22.5 Å². The van der Waals surface area contributed by atoms with Gasteiger partial charge in [-0.1, -0.05) is 110 Å². The van der Waals surface area contributed by atoms with Crippen LogP contribution < -0.4 is 5.73 Å². The predicted octanol–water partition coefficient (Wildman–Crippen LogP) is 5.94. The van der Waals surface area contributed by atoms with Crippen LogP contribution in [0.25, 0.3) is 0 Å². The zero-order chi connectivity index (χ0) is 18.0. The third-order valence-electron chi connectivity index (χ3n) is 5.26. The van der Waals surface area contributed by atoms with Crippen LogP contribution in [0.1, 0.15) is 117 Å². The maximum Gasteiger partial charge on any atom is 0.167 e. The monoisotopic (exact) mass is 379 g/mol. The second kappa shape index (κ2) is 20.5. The molecule has 154 valence electrons. The highest BCUT2D eigenvalue weighted by atomic mass is 35.5. The van der Waals surface area contributed by atoms with E-state index in [1.165, 1.54) is 89.9 Å². The molecule has 25 heavy (non-hydrogen) atoms. The van der Waals surface area contributed by atoms with Gasteiger partial charge in [-0.05, 0) is 12.3 Å². The molecular formula is C21H46ClNO2. The summed E-state index contributed by atoms with van der Waals surface area (Å²) >= 11 is 0. The summed E-state index contributed by atoms with van der Waals surface area (Å²) < 4.78 is 0. The molecular weight excluding hydrogens is 334 g/mol. The highest BCUT2D eigenvalue weighted by molar-refractivity contribution is 5.85. The van der Waals surface area contributed by atoms with Crippen molar-refractivity contribution in [3.63, 3.8) is 0 Å². The standard InChI is InChI=1S/C21H45NO2.ClH/c1-3-4-5-6-7-8-9-10-11-12-13-14-15-16-17-18-19(2)20(22)21(23)24;/h19-21,23-24H,3-18,22H2,1-2H3;1H. The third kappa shape index (κ3) is 18.8. The van der Waals surface area contributed by atoms with Gasteiger partial charge in [-0.2, -0.15) is 0 Å². The van der Waals surface area contributed by atoms with Crippen LogP contribution in [0.2, 0.25) is 0 Å². The van der Waals surface area contributed by atoms with Gasteiger partial charge in [0.1, 0.15) is 0 Å². The predicted molar refractivity (Wildman–Crippen MR) is 112 cm³/mol. The average Bonchev–Trinajstić information content (AvgIpc) is 2.57. The molecule has 0 aromatic carbocycles.